The molecule has 1 N–H and O–H groups in total. The summed E-state index contributed by atoms with van der Waals surface area (Å²) in [4.78, 5) is 15.5. The number of hydrogen-bond donors (Lipinski definition) is 1. The number of esters is 1. The SMILES string of the molecule is C=C/C(C)=C\C(C)=C\NC1=C(C)/C=C/Oc2cc(N(CC)CC)ccc2C2(OC(=O)c3ccccc32)\C(C)=C\1. The molecule has 0 aliphatic carbocycles. The van der Waals surface area contributed by atoms with E-state index in [1.165, 1.54) is 0 Å². The van der Waals surface area contributed by atoms with Gasteiger partial charge in [-0.05, 0) is 88.6 Å². The number of allylic oxidation sites excluding steroid dienone is 7. The number of benzene rings is 2. The first kappa shape index (κ1) is 27.8. The molecule has 0 radical (unpaired) electrons. The summed E-state index contributed by atoms with van der Waals surface area (Å²) >= 11 is 0. The molecule has 2 aromatic rings. The average Bonchev–Trinajstić information content (AvgIpc) is 3.24. The molecule has 2 aliphatic heterocycles. The molecular weight excluding hydrogens is 484 g/mol. The highest BCUT2D eigenvalue weighted by atomic mass is 16.6. The van der Waals surface area contributed by atoms with Gasteiger partial charge < -0.3 is 19.7 Å². The second kappa shape index (κ2) is 11.6. The summed E-state index contributed by atoms with van der Waals surface area (Å²) in [5.41, 5.74) is 6.91. The fourth-order valence-electron chi connectivity index (χ4n) is 5.15. The Morgan fingerprint density at radius 3 is 2.51 bits per heavy atom. The van der Waals surface area contributed by atoms with Crippen LogP contribution in [0.25, 0.3) is 0 Å². The van der Waals surface area contributed by atoms with Gasteiger partial charge in [0.25, 0.3) is 0 Å². The number of fused-ring (bicyclic) bond motifs is 4. The molecule has 0 saturated heterocycles. The van der Waals surface area contributed by atoms with Crippen molar-refractivity contribution in [3.63, 3.8) is 0 Å². The quantitative estimate of drug-likeness (QED) is 0.298. The fraction of sp³-hybridized carbons (Fsp3) is 0.265. The number of hydrogen-bond acceptors (Lipinski definition) is 5. The summed E-state index contributed by atoms with van der Waals surface area (Å²) in [6.07, 6.45) is 11.6. The topological polar surface area (TPSA) is 50.8 Å². The Kier molecular flexibility index (Phi) is 8.29. The molecule has 0 bridgehead atoms. The lowest BCUT2D eigenvalue weighted by Crippen LogP contribution is -2.31. The zero-order valence-electron chi connectivity index (χ0n) is 23.8. The Morgan fingerprint density at radius 2 is 1.79 bits per heavy atom. The highest BCUT2D eigenvalue weighted by molar-refractivity contribution is 5.96. The molecule has 1 unspecified atom stereocenters. The maximum absolute atomic E-state index is 13.2. The van der Waals surface area contributed by atoms with Gasteiger partial charge in [0.2, 0.25) is 0 Å². The van der Waals surface area contributed by atoms with Crippen molar-refractivity contribution in [2.45, 2.75) is 47.1 Å². The number of nitrogens with one attached hydrogen (secondary N) is 1. The summed E-state index contributed by atoms with van der Waals surface area (Å²) in [5.74, 6) is 0.304. The molecule has 5 heteroatoms. The Balaban J connectivity index is 1.94. The van der Waals surface area contributed by atoms with Gasteiger partial charge in [-0.25, -0.2) is 4.79 Å². The van der Waals surface area contributed by atoms with Crippen LogP contribution < -0.4 is 15.0 Å². The van der Waals surface area contributed by atoms with Gasteiger partial charge in [0, 0.05) is 47.9 Å². The lowest BCUT2D eigenvalue weighted by Gasteiger charge is -2.33. The van der Waals surface area contributed by atoms with Crippen LogP contribution in [0.5, 0.6) is 5.75 Å². The Morgan fingerprint density at radius 1 is 1.05 bits per heavy atom. The monoisotopic (exact) mass is 522 g/mol. The molecule has 2 aromatic carbocycles. The molecule has 2 heterocycles. The molecule has 202 valence electrons. The summed E-state index contributed by atoms with van der Waals surface area (Å²) < 4.78 is 12.7. The van der Waals surface area contributed by atoms with Gasteiger partial charge in [-0.3, -0.25) is 0 Å². The maximum atomic E-state index is 13.2. The molecular formula is C34H38N2O3. The lowest BCUT2D eigenvalue weighted by atomic mass is 9.79. The van der Waals surface area contributed by atoms with Gasteiger partial charge in [-0.15, -0.1) is 0 Å². The van der Waals surface area contributed by atoms with Gasteiger partial charge in [0.1, 0.15) is 5.75 Å². The van der Waals surface area contributed by atoms with E-state index in [-0.39, 0.29) is 5.97 Å². The van der Waals surface area contributed by atoms with Gasteiger partial charge in [0.15, 0.2) is 5.60 Å². The third kappa shape index (κ3) is 5.35. The highest BCUT2D eigenvalue weighted by Gasteiger charge is 2.50. The Hall–Kier alpha value is -4.25. The zero-order valence-corrected chi connectivity index (χ0v) is 23.8. The summed E-state index contributed by atoms with van der Waals surface area (Å²) in [5, 5.41) is 3.46. The van der Waals surface area contributed by atoms with Crippen LogP contribution in [0.3, 0.4) is 0 Å². The molecule has 4 rings (SSSR count). The highest BCUT2D eigenvalue weighted by Crippen LogP contribution is 2.51. The predicted octanol–water partition coefficient (Wildman–Crippen LogP) is 7.70. The molecule has 1 atom stereocenters. The van der Waals surface area contributed by atoms with Gasteiger partial charge in [-0.2, -0.15) is 0 Å². The van der Waals surface area contributed by atoms with Crippen LogP contribution in [-0.4, -0.2) is 19.1 Å². The average molecular weight is 523 g/mol. The molecule has 5 nitrogen and oxygen atoms in total. The van der Waals surface area contributed by atoms with Crippen LogP contribution in [0.1, 0.15) is 63.0 Å². The second-order valence-electron chi connectivity index (χ2n) is 9.94. The van der Waals surface area contributed by atoms with Gasteiger partial charge in [0.05, 0.1) is 11.8 Å². The predicted molar refractivity (Wildman–Crippen MR) is 160 cm³/mol. The standard InChI is InChI=1S/C34H38N2O3/c1-8-23(4)19-24(5)22-35-31-20-26(7)34(29-14-12-11-13-28(29)33(37)39-34)30-16-15-27(36(9-2)10-3)21-32(30)38-18-17-25(31)6/h8,11-22,35H,1,9-10H2,2-7H3/b18-17+,23-19-,24-22+,26-20+,31-25+. The molecule has 39 heavy (non-hydrogen) atoms. The Labute approximate surface area is 232 Å². The van der Waals surface area contributed by atoms with Gasteiger partial charge in [-0.1, -0.05) is 42.5 Å². The second-order valence-corrected chi connectivity index (χ2v) is 9.94. The molecule has 0 aromatic heterocycles. The van der Waals surface area contributed by atoms with Crippen LogP contribution in [0.15, 0.2) is 114 Å². The van der Waals surface area contributed by atoms with Crippen molar-refractivity contribution in [3.05, 3.63) is 130 Å². The first-order valence-electron chi connectivity index (χ1n) is 13.4. The lowest BCUT2D eigenvalue weighted by molar-refractivity contribution is 0.0233. The summed E-state index contributed by atoms with van der Waals surface area (Å²) in [6, 6.07) is 13.8. The van der Waals surface area contributed by atoms with Crippen molar-refractivity contribution in [2.24, 2.45) is 0 Å². The van der Waals surface area contributed by atoms with Crippen molar-refractivity contribution < 1.29 is 14.3 Å². The molecule has 1 spiro atoms. The number of carbonyl (C=O) groups is 1. The minimum atomic E-state index is -1.14. The van der Waals surface area contributed by atoms with Crippen LogP contribution in [0.2, 0.25) is 0 Å². The van der Waals surface area contributed by atoms with Gasteiger partial charge >= 0.3 is 5.97 Å². The van der Waals surface area contributed by atoms with E-state index in [1.807, 2.05) is 82.4 Å². The zero-order chi connectivity index (χ0) is 28.2. The van der Waals surface area contributed by atoms with Crippen LogP contribution in [0.4, 0.5) is 5.69 Å². The van der Waals surface area contributed by atoms with Crippen LogP contribution in [-0.2, 0) is 10.3 Å². The Bertz CT molecular complexity index is 1440. The largest absolute Gasteiger partial charge is 0.464 e. The molecule has 0 amide bonds. The van der Waals surface area contributed by atoms with E-state index in [0.29, 0.717) is 11.3 Å². The first-order chi connectivity index (χ1) is 18.7. The smallest absolute Gasteiger partial charge is 0.340 e. The molecule has 0 saturated carbocycles. The van der Waals surface area contributed by atoms with Crippen LogP contribution in [0, 0.1) is 0 Å². The van der Waals surface area contributed by atoms with Crippen molar-refractivity contribution in [3.8, 4) is 5.75 Å². The van der Waals surface area contributed by atoms with E-state index in [9.17, 15) is 4.79 Å². The number of rotatable bonds is 7. The number of carbonyl (C=O) groups excluding carboxylic acids is 1. The molecule has 0 fully saturated rings. The normalized spacial score (nSPS) is 23.1. The van der Waals surface area contributed by atoms with E-state index in [2.05, 4.69) is 48.9 Å². The summed E-state index contributed by atoms with van der Waals surface area (Å²) in [6.45, 7) is 17.9. The van der Waals surface area contributed by atoms with E-state index >= 15 is 0 Å². The molecule has 2 aliphatic rings. The minimum absolute atomic E-state index is 0.347. The first-order valence-corrected chi connectivity index (χ1v) is 13.4. The summed E-state index contributed by atoms with van der Waals surface area (Å²) in [7, 11) is 0. The van der Waals surface area contributed by atoms with E-state index < -0.39 is 5.60 Å². The van der Waals surface area contributed by atoms with Crippen molar-refractivity contribution in [2.75, 3.05) is 18.0 Å². The van der Waals surface area contributed by atoms with Crippen molar-refractivity contribution in [1.29, 1.82) is 0 Å². The third-order valence-electron chi connectivity index (χ3n) is 7.33. The van der Waals surface area contributed by atoms with E-state index in [4.69, 9.17) is 9.47 Å². The number of anilines is 1. The van der Waals surface area contributed by atoms with Crippen molar-refractivity contribution in [1.82, 2.24) is 5.32 Å². The fourth-order valence-corrected chi connectivity index (χ4v) is 5.15. The number of nitrogens with zero attached hydrogens (tertiary/aromatic N) is 1. The maximum Gasteiger partial charge on any atom is 0.340 e. The van der Waals surface area contributed by atoms with Crippen LogP contribution >= 0.6 is 0 Å². The third-order valence-corrected chi connectivity index (χ3v) is 7.33. The minimum Gasteiger partial charge on any atom is -0.464 e. The van der Waals surface area contributed by atoms with E-state index in [1.54, 1.807) is 6.26 Å². The van der Waals surface area contributed by atoms with Crippen molar-refractivity contribution >= 4 is 11.7 Å². The van der Waals surface area contributed by atoms with E-state index in [0.717, 1.165) is 57.9 Å². The number of ether oxygens (including phenoxy) is 2.